The standard InChI is InChI=1S/C15H26N2O2/c1-4-14(2)11-15(12-16,6-8-19-14)17(3)9-13-5-7-18-10-13/h5,7,10H,4,6,8-9,11-12,16H2,1-3H3. The molecule has 108 valence electrons. The highest BCUT2D eigenvalue weighted by atomic mass is 16.5. The number of ether oxygens (including phenoxy) is 1. The van der Waals surface area contributed by atoms with Gasteiger partial charge in [-0.25, -0.2) is 0 Å². The van der Waals surface area contributed by atoms with Gasteiger partial charge >= 0.3 is 0 Å². The van der Waals surface area contributed by atoms with E-state index in [0.717, 1.165) is 32.4 Å². The molecular formula is C15H26N2O2. The highest BCUT2D eigenvalue weighted by molar-refractivity contribution is 5.08. The van der Waals surface area contributed by atoms with Crippen LogP contribution in [0.15, 0.2) is 23.0 Å². The zero-order valence-electron chi connectivity index (χ0n) is 12.3. The summed E-state index contributed by atoms with van der Waals surface area (Å²) in [6.07, 6.45) is 6.53. The number of furan rings is 1. The minimum Gasteiger partial charge on any atom is -0.472 e. The molecule has 1 fully saturated rings. The fourth-order valence-electron chi connectivity index (χ4n) is 3.03. The lowest BCUT2D eigenvalue weighted by Crippen LogP contribution is -2.59. The van der Waals surface area contributed by atoms with E-state index < -0.39 is 0 Å². The fraction of sp³-hybridized carbons (Fsp3) is 0.733. The third-order valence-electron chi connectivity index (χ3n) is 4.66. The van der Waals surface area contributed by atoms with Crippen LogP contribution in [0.25, 0.3) is 0 Å². The Labute approximate surface area is 115 Å². The molecule has 2 N–H and O–H groups in total. The monoisotopic (exact) mass is 266 g/mol. The summed E-state index contributed by atoms with van der Waals surface area (Å²) in [5.41, 5.74) is 7.29. The molecule has 2 atom stereocenters. The molecule has 2 unspecified atom stereocenters. The summed E-state index contributed by atoms with van der Waals surface area (Å²) in [6, 6.07) is 2.01. The van der Waals surface area contributed by atoms with Crippen LogP contribution in [0.5, 0.6) is 0 Å². The first kappa shape index (κ1) is 14.6. The van der Waals surface area contributed by atoms with E-state index in [2.05, 4.69) is 25.8 Å². The lowest BCUT2D eigenvalue weighted by atomic mass is 9.78. The Morgan fingerprint density at radius 3 is 2.84 bits per heavy atom. The number of hydrogen-bond acceptors (Lipinski definition) is 4. The van der Waals surface area contributed by atoms with Crippen LogP contribution in [0.2, 0.25) is 0 Å². The second-order valence-electron chi connectivity index (χ2n) is 5.99. The molecule has 0 aliphatic carbocycles. The van der Waals surface area contributed by atoms with Crippen LogP contribution in [-0.4, -0.2) is 36.2 Å². The number of likely N-dealkylation sites (N-methyl/N-ethyl adjacent to an activating group) is 1. The normalized spacial score (nSPS) is 31.8. The zero-order valence-corrected chi connectivity index (χ0v) is 12.3. The molecule has 19 heavy (non-hydrogen) atoms. The second-order valence-corrected chi connectivity index (χ2v) is 5.99. The summed E-state index contributed by atoms with van der Waals surface area (Å²) in [5.74, 6) is 0. The Hall–Kier alpha value is -0.840. The Morgan fingerprint density at radius 2 is 2.26 bits per heavy atom. The van der Waals surface area contributed by atoms with Crippen molar-refractivity contribution >= 4 is 0 Å². The van der Waals surface area contributed by atoms with Crippen LogP contribution in [0.3, 0.4) is 0 Å². The van der Waals surface area contributed by atoms with Crippen LogP contribution >= 0.6 is 0 Å². The van der Waals surface area contributed by atoms with Gasteiger partial charge in [0.15, 0.2) is 0 Å². The van der Waals surface area contributed by atoms with Gasteiger partial charge < -0.3 is 14.9 Å². The van der Waals surface area contributed by atoms with Crippen LogP contribution in [0, 0.1) is 0 Å². The fourth-order valence-corrected chi connectivity index (χ4v) is 3.03. The molecule has 0 amide bonds. The van der Waals surface area contributed by atoms with Crippen molar-refractivity contribution in [2.45, 2.75) is 50.8 Å². The smallest absolute Gasteiger partial charge is 0.0947 e. The number of nitrogens with zero attached hydrogens (tertiary/aromatic N) is 1. The molecule has 4 nitrogen and oxygen atoms in total. The predicted octanol–water partition coefficient (Wildman–Crippen LogP) is 2.39. The summed E-state index contributed by atoms with van der Waals surface area (Å²) in [4.78, 5) is 2.37. The van der Waals surface area contributed by atoms with E-state index in [1.165, 1.54) is 5.56 Å². The molecule has 1 aromatic heterocycles. The molecule has 4 heteroatoms. The van der Waals surface area contributed by atoms with Gasteiger partial charge in [0.25, 0.3) is 0 Å². The maximum absolute atomic E-state index is 6.12. The van der Waals surface area contributed by atoms with Gasteiger partial charge in [-0.2, -0.15) is 0 Å². The average Bonchev–Trinajstić information content (AvgIpc) is 2.91. The molecule has 1 aliphatic heterocycles. The van der Waals surface area contributed by atoms with Gasteiger partial charge in [-0.3, -0.25) is 4.90 Å². The highest BCUT2D eigenvalue weighted by Gasteiger charge is 2.44. The van der Waals surface area contributed by atoms with Crippen LogP contribution in [0.1, 0.15) is 38.7 Å². The molecular weight excluding hydrogens is 240 g/mol. The minimum atomic E-state index is -0.0533. The van der Waals surface area contributed by atoms with Crippen LogP contribution in [-0.2, 0) is 11.3 Å². The molecule has 2 rings (SSSR count). The average molecular weight is 266 g/mol. The van der Waals surface area contributed by atoms with Crippen molar-refractivity contribution < 1.29 is 9.15 Å². The Kier molecular flexibility index (Phi) is 4.33. The van der Waals surface area contributed by atoms with E-state index in [0.29, 0.717) is 6.54 Å². The van der Waals surface area contributed by atoms with Crippen molar-refractivity contribution in [2.24, 2.45) is 5.73 Å². The molecule has 1 aromatic rings. The second kappa shape index (κ2) is 5.65. The number of nitrogens with two attached hydrogens (primary N) is 1. The molecule has 0 spiro atoms. The lowest BCUT2D eigenvalue weighted by molar-refractivity contribution is -0.126. The third kappa shape index (κ3) is 3.02. The highest BCUT2D eigenvalue weighted by Crippen LogP contribution is 2.37. The molecule has 0 bridgehead atoms. The summed E-state index contributed by atoms with van der Waals surface area (Å²) in [5, 5.41) is 0. The van der Waals surface area contributed by atoms with Gasteiger partial charge in [0.1, 0.15) is 0 Å². The largest absolute Gasteiger partial charge is 0.472 e. The predicted molar refractivity (Wildman–Crippen MR) is 75.8 cm³/mol. The van der Waals surface area contributed by atoms with Crippen LogP contribution < -0.4 is 5.73 Å². The Balaban J connectivity index is 2.12. The SMILES string of the molecule is CCC1(C)CC(CN)(N(C)Cc2ccoc2)CCO1. The van der Waals surface area contributed by atoms with Crippen molar-refractivity contribution in [2.75, 3.05) is 20.2 Å². The van der Waals surface area contributed by atoms with E-state index in [1.807, 2.05) is 6.07 Å². The maximum Gasteiger partial charge on any atom is 0.0947 e. The Morgan fingerprint density at radius 1 is 1.47 bits per heavy atom. The molecule has 0 radical (unpaired) electrons. The van der Waals surface area contributed by atoms with E-state index >= 15 is 0 Å². The van der Waals surface area contributed by atoms with E-state index in [1.54, 1.807) is 12.5 Å². The first-order valence-corrected chi connectivity index (χ1v) is 7.10. The van der Waals surface area contributed by atoms with Crippen molar-refractivity contribution in [1.29, 1.82) is 0 Å². The quantitative estimate of drug-likeness (QED) is 0.889. The number of hydrogen-bond donors (Lipinski definition) is 1. The van der Waals surface area contributed by atoms with Crippen molar-refractivity contribution in [3.05, 3.63) is 24.2 Å². The molecule has 2 heterocycles. The molecule has 0 aromatic carbocycles. The first-order valence-electron chi connectivity index (χ1n) is 7.10. The van der Waals surface area contributed by atoms with Gasteiger partial charge in [0.05, 0.1) is 18.1 Å². The van der Waals surface area contributed by atoms with Crippen molar-refractivity contribution in [1.82, 2.24) is 4.90 Å². The van der Waals surface area contributed by atoms with E-state index in [-0.39, 0.29) is 11.1 Å². The van der Waals surface area contributed by atoms with Gasteiger partial charge in [0.2, 0.25) is 0 Å². The van der Waals surface area contributed by atoms with Gasteiger partial charge in [-0.1, -0.05) is 6.92 Å². The molecule has 1 aliphatic rings. The first-order chi connectivity index (χ1) is 9.03. The van der Waals surface area contributed by atoms with Gasteiger partial charge in [-0.15, -0.1) is 0 Å². The van der Waals surface area contributed by atoms with Gasteiger partial charge in [-0.05, 0) is 39.3 Å². The van der Waals surface area contributed by atoms with E-state index in [9.17, 15) is 0 Å². The summed E-state index contributed by atoms with van der Waals surface area (Å²) < 4.78 is 11.1. The topological polar surface area (TPSA) is 51.6 Å². The summed E-state index contributed by atoms with van der Waals surface area (Å²) in [7, 11) is 2.15. The van der Waals surface area contributed by atoms with Crippen molar-refractivity contribution in [3.63, 3.8) is 0 Å². The third-order valence-corrected chi connectivity index (χ3v) is 4.66. The van der Waals surface area contributed by atoms with Crippen molar-refractivity contribution in [3.8, 4) is 0 Å². The van der Waals surface area contributed by atoms with Gasteiger partial charge in [0, 0.05) is 30.8 Å². The zero-order chi connectivity index (χ0) is 13.9. The molecule has 1 saturated heterocycles. The van der Waals surface area contributed by atoms with E-state index in [4.69, 9.17) is 14.9 Å². The molecule has 0 saturated carbocycles. The lowest BCUT2D eigenvalue weighted by Gasteiger charge is -2.50. The Bertz CT molecular complexity index is 393. The minimum absolute atomic E-state index is 0.0281. The maximum atomic E-state index is 6.12. The van der Waals surface area contributed by atoms with Crippen LogP contribution in [0.4, 0.5) is 0 Å². The summed E-state index contributed by atoms with van der Waals surface area (Å²) in [6.45, 7) is 6.70. The summed E-state index contributed by atoms with van der Waals surface area (Å²) >= 11 is 0. The number of rotatable bonds is 5.